The highest BCUT2D eigenvalue weighted by atomic mass is 16.5. The Balaban J connectivity index is 1.26. The molecule has 3 aromatic rings. The van der Waals surface area contributed by atoms with Gasteiger partial charge in [0.1, 0.15) is 23.9 Å². The van der Waals surface area contributed by atoms with Crippen LogP contribution in [-0.4, -0.2) is 43.4 Å². The number of hydrogen-bond donors (Lipinski definition) is 1. The van der Waals surface area contributed by atoms with Crippen LogP contribution in [0, 0.1) is 5.41 Å². The van der Waals surface area contributed by atoms with Gasteiger partial charge in [-0.1, -0.05) is 36.8 Å². The van der Waals surface area contributed by atoms with Gasteiger partial charge < -0.3 is 14.6 Å². The molecule has 1 saturated heterocycles. The number of nitrogens with zero attached hydrogens (tertiary/aromatic N) is 1. The molecule has 186 valence electrons. The molecule has 36 heavy (non-hydrogen) atoms. The molecule has 1 aliphatic heterocycles. The number of ether oxygens (including phenoxy) is 2. The molecule has 1 unspecified atom stereocenters. The first-order valence-corrected chi connectivity index (χ1v) is 13.3. The first kappa shape index (κ1) is 23.2. The summed E-state index contributed by atoms with van der Waals surface area (Å²) in [4.78, 5) is 2.52. The van der Waals surface area contributed by atoms with E-state index in [9.17, 15) is 5.11 Å². The lowest BCUT2D eigenvalue weighted by molar-refractivity contribution is 0.183. The predicted octanol–water partition coefficient (Wildman–Crippen LogP) is 6.15. The van der Waals surface area contributed by atoms with Gasteiger partial charge in [0, 0.05) is 12.0 Å². The number of rotatable bonds is 6. The van der Waals surface area contributed by atoms with Gasteiger partial charge in [0.15, 0.2) is 0 Å². The summed E-state index contributed by atoms with van der Waals surface area (Å²) in [6.07, 6.45) is 9.24. The van der Waals surface area contributed by atoms with Crippen molar-refractivity contribution >= 4 is 11.6 Å². The highest BCUT2D eigenvalue weighted by Gasteiger charge is 2.46. The SMILES string of the molecule is COc1cccc(/C=C2\c3ccc(O)cc3CC23Cc2ccc(OCCN4CCCCC4)cc2C3)c1. The molecule has 1 heterocycles. The van der Waals surface area contributed by atoms with Crippen LogP contribution in [0.1, 0.15) is 47.1 Å². The van der Waals surface area contributed by atoms with Crippen LogP contribution in [0.5, 0.6) is 17.2 Å². The number of phenolic OH excluding ortho intramolecular Hbond substituents is 1. The minimum atomic E-state index is -0.00599. The number of allylic oxidation sites excluding steroid dienone is 1. The average molecular weight is 482 g/mol. The van der Waals surface area contributed by atoms with Gasteiger partial charge in [-0.05, 0) is 115 Å². The van der Waals surface area contributed by atoms with E-state index in [1.807, 2.05) is 24.3 Å². The molecule has 0 amide bonds. The van der Waals surface area contributed by atoms with E-state index in [0.29, 0.717) is 5.75 Å². The topological polar surface area (TPSA) is 41.9 Å². The largest absolute Gasteiger partial charge is 0.508 e. The van der Waals surface area contributed by atoms with Crippen molar-refractivity contribution < 1.29 is 14.6 Å². The molecule has 0 aromatic heterocycles. The van der Waals surface area contributed by atoms with E-state index in [-0.39, 0.29) is 5.41 Å². The van der Waals surface area contributed by atoms with Crippen LogP contribution in [0.25, 0.3) is 11.6 Å². The molecule has 4 nitrogen and oxygen atoms in total. The van der Waals surface area contributed by atoms with Gasteiger partial charge in [-0.25, -0.2) is 0 Å². The highest BCUT2D eigenvalue weighted by molar-refractivity contribution is 5.90. The zero-order chi connectivity index (χ0) is 24.5. The van der Waals surface area contributed by atoms with Crippen molar-refractivity contribution in [3.8, 4) is 17.2 Å². The summed E-state index contributed by atoms with van der Waals surface area (Å²) in [5.74, 6) is 2.18. The molecule has 4 heteroatoms. The van der Waals surface area contributed by atoms with E-state index >= 15 is 0 Å². The van der Waals surface area contributed by atoms with Crippen LogP contribution in [-0.2, 0) is 19.3 Å². The first-order chi connectivity index (χ1) is 17.6. The summed E-state index contributed by atoms with van der Waals surface area (Å²) >= 11 is 0. The second-order valence-electron chi connectivity index (χ2n) is 10.7. The molecule has 1 N–H and O–H groups in total. The number of benzene rings is 3. The number of methoxy groups -OCH3 is 1. The van der Waals surface area contributed by atoms with Crippen molar-refractivity contribution in [2.45, 2.75) is 38.5 Å². The Morgan fingerprint density at radius 2 is 1.69 bits per heavy atom. The maximum atomic E-state index is 10.2. The minimum absolute atomic E-state index is 0.00599. The van der Waals surface area contributed by atoms with Gasteiger partial charge in [-0.2, -0.15) is 0 Å². The quantitative estimate of drug-likeness (QED) is 0.459. The third kappa shape index (κ3) is 4.51. The summed E-state index contributed by atoms with van der Waals surface area (Å²) in [5, 5.41) is 10.2. The van der Waals surface area contributed by atoms with Crippen molar-refractivity contribution in [3.05, 3.63) is 88.5 Å². The predicted molar refractivity (Wildman–Crippen MR) is 145 cm³/mol. The monoisotopic (exact) mass is 481 g/mol. The molecule has 0 saturated carbocycles. The zero-order valence-electron chi connectivity index (χ0n) is 21.1. The zero-order valence-corrected chi connectivity index (χ0v) is 21.1. The van der Waals surface area contributed by atoms with Gasteiger partial charge >= 0.3 is 0 Å². The molecule has 1 atom stereocenters. The number of aromatic hydroxyl groups is 1. The summed E-state index contributed by atoms with van der Waals surface area (Å²) < 4.78 is 11.7. The Labute approximate surface area is 214 Å². The summed E-state index contributed by atoms with van der Waals surface area (Å²) in [6.45, 7) is 4.16. The van der Waals surface area contributed by atoms with Crippen LogP contribution in [0.4, 0.5) is 0 Å². The molecular weight excluding hydrogens is 446 g/mol. The van der Waals surface area contributed by atoms with Gasteiger partial charge in [-0.3, -0.25) is 4.90 Å². The van der Waals surface area contributed by atoms with Crippen LogP contribution < -0.4 is 9.47 Å². The Morgan fingerprint density at radius 3 is 2.56 bits per heavy atom. The fourth-order valence-corrected chi connectivity index (χ4v) is 6.48. The smallest absolute Gasteiger partial charge is 0.119 e. The van der Waals surface area contributed by atoms with Gasteiger partial charge in [0.2, 0.25) is 0 Å². The molecule has 3 aromatic carbocycles. The molecular formula is C32H35NO3. The molecule has 1 spiro atoms. The van der Waals surface area contributed by atoms with Crippen molar-refractivity contribution in [3.63, 3.8) is 0 Å². The van der Waals surface area contributed by atoms with E-state index < -0.39 is 0 Å². The van der Waals surface area contributed by atoms with Crippen molar-refractivity contribution in [2.75, 3.05) is 33.4 Å². The summed E-state index contributed by atoms with van der Waals surface area (Å²) in [5.41, 5.74) is 7.77. The maximum Gasteiger partial charge on any atom is 0.119 e. The van der Waals surface area contributed by atoms with Gasteiger partial charge in [0.25, 0.3) is 0 Å². The molecule has 2 aliphatic carbocycles. The number of fused-ring (bicyclic) bond motifs is 2. The Morgan fingerprint density at radius 1 is 0.861 bits per heavy atom. The Kier molecular flexibility index (Phi) is 6.22. The molecule has 3 aliphatic rings. The minimum Gasteiger partial charge on any atom is -0.508 e. The molecule has 6 rings (SSSR count). The fraction of sp³-hybridized carbons (Fsp3) is 0.375. The fourth-order valence-electron chi connectivity index (χ4n) is 6.48. The lowest BCUT2D eigenvalue weighted by Crippen LogP contribution is -2.33. The van der Waals surface area contributed by atoms with Crippen molar-refractivity contribution in [1.82, 2.24) is 4.90 Å². The third-order valence-corrected chi connectivity index (χ3v) is 8.24. The second-order valence-corrected chi connectivity index (χ2v) is 10.7. The Bertz CT molecular complexity index is 1290. The van der Waals surface area contributed by atoms with E-state index in [1.54, 1.807) is 7.11 Å². The number of hydrogen-bond acceptors (Lipinski definition) is 4. The molecule has 1 fully saturated rings. The lowest BCUT2D eigenvalue weighted by atomic mass is 9.77. The van der Waals surface area contributed by atoms with Crippen molar-refractivity contribution in [2.24, 2.45) is 5.41 Å². The van der Waals surface area contributed by atoms with Crippen LogP contribution in [0.2, 0.25) is 0 Å². The van der Waals surface area contributed by atoms with Gasteiger partial charge in [-0.15, -0.1) is 0 Å². The number of likely N-dealkylation sites (tertiary alicyclic amines) is 1. The standard InChI is InChI=1S/C32H35NO3/c1-35-28-7-5-6-23(16-28)17-31-30-11-9-27(34)18-26(30)22-32(31)20-24-8-10-29(19-25(24)21-32)36-15-14-33-12-3-2-4-13-33/h5-11,16-19,34H,2-4,12-15,20-22H2,1H3/b31-17+. The first-order valence-electron chi connectivity index (χ1n) is 13.3. The van der Waals surface area contributed by atoms with E-state index in [4.69, 9.17) is 9.47 Å². The molecule has 0 bridgehead atoms. The third-order valence-electron chi connectivity index (χ3n) is 8.24. The molecule has 0 radical (unpaired) electrons. The van der Waals surface area contributed by atoms with Crippen LogP contribution >= 0.6 is 0 Å². The summed E-state index contributed by atoms with van der Waals surface area (Å²) in [7, 11) is 1.71. The normalized spacial score (nSPS) is 22.1. The van der Waals surface area contributed by atoms with Crippen molar-refractivity contribution in [1.29, 1.82) is 0 Å². The van der Waals surface area contributed by atoms with E-state index in [2.05, 4.69) is 47.4 Å². The number of phenols is 1. The average Bonchev–Trinajstić information content (AvgIpc) is 3.40. The van der Waals surface area contributed by atoms with E-state index in [1.165, 1.54) is 60.2 Å². The maximum absolute atomic E-state index is 10.2. The highest BCUT2D eigenvalue weighted by Crippen LogP contribution is 2.55. The van der Waals surface area contributed by atoms with Crippen LogP contribution in [0.15, 0.2) is 60.7 Å². The number of piperidine rings is 1. The second kappa shape index (κ2) is 9.67. The van der Waals surface area contributed by atoms with E-state index in [0.717, 1.165) is 49.5 Å². The van der Waals surface area contributed by atoms with Crippen LogP contribution in [0.3, 0.4) is 0 Å². The van der Waals surface area contributed by atoms with Gasteiger partial charge in [0.05, 0.1) is 7.11 Å². The summed E-state index contributed by atoms with van der Waals surface area (Å²) in [6, 6.07) is 20.8. The lowest BCUT2D eigenvalue weighted by Gasteiger charge is -2.26. The Hall–Kier alpha value is -3.24.